The smallest absolute Gasteiger partial charge is 0.109 e. The summed E-state index contributed by atoms with van der Waals surface area (Å²) in [4.78, 5) is 0. The lowest BCUT2D eigenvalue weighted by Gasteiger charge is -2.28. The molecule has 0 saturated heterocycles. The summed E-state index contributed by atoms with van der Waals surface area (Å²) in [6.07, 6.45) is 0. The molecule has 0 unspecified atom stereocenters. The Kier molecular flexibility index (Phi) is 9.99. The first-order chi connectivity index (χ1) is 6.62. The van der Waals surface area contributed by atoms with E-state index in [1.54, 1.807) is 14.2 Å². The highest BCUT2D eigenvalue weighted by molar-refractivity contribution is 6.90. The van der Waals surface area contributed by atoms with Gasteiger partial charge in [0.1, 0.15) is 16.5 Å². The van der Waals surface area contributed by atoms with Gasteiger partial charge in [-0.3, -0.25) is 0 Å². The first kappa shape index (κ1) is 17.7. The zero-order valence-corrected chi connectivity index (χ0v) is 13.7. The Morgan fingerprint density at radius 2 is 1.00 bits per heavy atom. The second-order valence-electron chi connectivity index (χ2n) is 5.61. The van der Waals surface area contributed by atoms with Crippen LogP contribution in [-0.2, 0) is 9.47 Å². The fourth-order valence-corrected chi connectivity index (χ4v) is 10.3. The first-order valence-electron chi connectivity index (χ1n) is 5.39. The summed E-state index contributed by atoms with van der Waals surface area (Å²) in [6.45, 7) is 15.5. The summed E-state index contributed by atoms with van der Waals surface area (Å²) < 4.78 is 13.1. The molecule has 0 amide bonds. The number of hydrogen-bond donors (Lipinski definition) is 1. The SMILES string of the molecule is COCCOC.C[Si](C)(C)N[Si](C)(C)C. The third kappa shape index (κ3) is 25.0. The van der Waals surface area contributed by atoms with Crippen molar-refractivity contribution in [3.8, 4) is 0 Å². The van der Waals surface area contributed by atoms with E-state index in [1.807, 2.05) is 0 Å². The van der Waals surface area contributed by atoms with Gasteiger partial charge in [-0.1, -0.05) is 39.3 Å². The van der Waals surface area contributed by atoms with E-state index in [1.165, 1.54) is 0 Å². The van der Waals surface area contributed by atoms with Gasteiger partial charge in [0.2, 0.25) is 0 Å². The van der Waals surface area contributed by atoms with Gasteiger partial charge in [0.15, 0.2) is 0 Å². The average molecular weight is 252 g/mol. The molecule has 0 radical (unpaired) electrons. The third-order valence-electron chi connectivity index (χ3n) is 1.24. The molecule has 0 rings (SSSR count). The van der Waals surface area contributed by atoms with Gasteiger partial charge in [0.25, 0.3) is 0 Å². The van der Waals surface area contributed by atoms with Crippen LogP contribution in [0.15, 0.2) is 0 Å². The van der Waals surface area contributed by atoms with Crippen LogP contribution in [0.25, 0.3) is 0 Å². The zero-order chi connectivity index (χ0) is 12.5. The highest BCUT2D eigenvalue weighted by atomic mass is 28.4. The Bertz CT molecular complexity index is 125. The molecule has 0 heterocycles. The summed E-state index contributed by atoms with van der Waals surface area (Å²) in [5.41, 5.74) is 0. The lowest BCUT2D eigenvalue weighted by atomic mass is 10.8. The Morgan fingerprint density at radius 1 is 0.733 bits per heavy atom. The van der Waals surface area contributed by atoms with Crippen LogP contribution in [0.2, 0.25) is 39.3 Å². The maximum atomic E-state index is 4.66. The molecule has 5 heteroatoms. The molecule has 15 heavy (non-hydrogen) atoms. The second-order valence-corrected chi connectivity index (χ2v) is 15.6. The van der Waals surface area contributed by atoms with Gasteiger partial charge in [-0.15, -0.1) is 0 Å². The van der Waals surface area contributed by atoms with E-state index in [2.05, 4.69) is 53.4 Å². The molecule has 94 valence electrons. The molecular weight excluding hydrogens is 222 g/mol. The molecule has 1 N–H and O–H groups in total. The van der Waals surface area contributed by atoms with Crippen molar-refractivity contribution in [2.24, 2.45) is 0 Å². The molecule has 0 aromatic heterocycles. The number of nitrogens with one attached hydrogen (secondary N) is 1. The summed E-state index contributed by atoms with van der Waals surface area (Å²) in [6, 6.07) is 0. The maximum absolute atomic E-state index is 4.66. The Morgan fingerprint density at radius 3 is 1.07 bits per heavy atom. The van der Waals surface area contributed by atoms with Crippen molar-refractivity contribution >= 4 is 16.5 Å². The number of methoxy groups -OCH3 is 2. The highest BCUT2D eigenvalue weighted by Gasteiger charge is 2.22. The van der Waals surface area contributed by atoms with Crippen LogP contribution in [0.1, 0.15) is 0 Å². The summed E-state index contributed by atoms with van der Waals surface area (Å²) >= 11 is 0. The van der Waals surface area contributed by atoms with Gasteiger partial charge in [-0.05, 0) is 0 Å². The summed E-state index contributed by atoms with van der Waals surface area (Å²) in [5.74, 6) is 0. The van der Waals surface area contributed by atoms with Crippen molar-refractivity contribution in [2.45, 2.75) is 39.3 Å². The molecule has 0 aliphatic rings. The number of rotatable bonds is 5. The molecular formula is C10H29NO2Si2. The molecule has 0 spiro atoms. The standard InChI is InChI=1S/C6H19NSi2.C4H10O2/c1-8(2,3)7-9(4,5)6;1-5-3-4-6-2/h7H,1-6H3;3-4H2,1-2H3. The van der Waals surface area contributed by atoms with Crippen LogP contribution >= 0.6 is 0 Å². The lowest BCUT2D eigenvalue weighted by Crippen LogP contribution is -2.55. The minimum Gasteiger partial charge on any atom is -0.382 e. The van der Waals surface area contributed by atoms with Crippen molar-refractivity contribution in [1.29, 1.82) is 0 Å². The van der Waals surface area contributed by atoms with Crippen molar-refractivity contribution in [1.82, 2.24) is 4.65 Å². The molecule has 0 aromatic carbocycles. The predicted octanol–water partition coefficient (Wildman–Crippen LogP) is 2.53. The molecule has 0 aromatic rings. The fraction of sp³-hybridized carbons (Fsp3) is 1.00. The van der Waals surface area contributed by atoms with E-state index in [0.717, 1.165) is 0 Å². The Balaban J connectivity index is 0. The summed E-state index contributed by atoms with van der Waals surface area (Å²) in [7, 11) is 1.34. The monoisotopic (exact) mass is 251 g/mol. The molecule has 0 atom stereocenters. The predicted molar refractivity (Wildman–Crippen MR) is 73.6 cm³/mol. The minimum atomic E-state index is -0.981. The summed E-state index contributed by atoms with van der Waals surface area (Å²) in [5, 5.41) is 0. The molecule has 0 saturated carbocycles. The normalized spacial score (nSPS) is 12.0. The van der Waals surface area contributed by atoms with E-state index in [0.29, 0.717) is 13.2 Å². The van der Waals surface area contributed by atoms with Gasteiger partial charge >= 0.3 is 0 Å². The van der Waals surface area contributed by atoms with Crippen molar-refractivity contribution in [2.75, 3.05) is 27.4 Å². The first-order valence-corrected chi connectivity index (χ1v) is 12.4. The second kappa shape index (κ2) is 8.46. The van der Waals surface area contributed by atoms with Gasteiger partial charge in [-0.25, -0.2) is 0 Å². The van der Waals surface area contributed by atoms with Crippen molar-refractivity contribution in [3.63, 3.8) is 0 Å². The van der Waals surface area contributed by atoms with Gasteiger partial charge < -0.3 is 14.1 Å². The fourth-order valence-electron chi connectivity index (χ4n) is 1.29. The van der Waals surface area contributed by atoms with E-state index in [4.69, 9.17) is 0 Å². The van der Waals surface area contributed by atoms with E-state index in [-0.39, 0.29) is 0 Å². The van der Waals surface area contributed by atoms with Crippen LogP contribution in [0.3, 0.4) is 0 Å². The van der Waals surface area contributed by atoms with E-state index >= 15 is 0 Å². The largest absolute Gasteiger partial charge is 0.382 e. The molecule has 0 fully saturated rings. The van der Waals surface area contributed by atoms with Crippen LogP contribution < -0.4 is 4.65 Å². The van der Waals surface area contributed by atoms with Gasteiger partial charge in [0.05, 0.1) is 13.2 Å². The van der Waals surface area contributed by atoms with Crippen LogP contribution in [-0.4, -0.2) is 43.9 Å². The maximum Gasteiger partial charge on any atom is 0.109 e. The van der Waals surface area contributed by atoms with Gasteiger partial charge in [0, 0.05) is 14.2 Å². The quantitative estimate of drug-likeness (QED) is 0.602. The molecule has 0 aliphatic carbocycles. The average Bonchev–Trinajstić information content (AvgIpc) is 1.94. The Hall–Kier alpha value is 0.314. The van der Waals surface area contributed by atoms with E-state index < -0.39 is 16.5 Å². The number of hydrogen-bond acceptors (Lipinski definition) is 3. The van der Waals surface area contributed by atoms with Crippen LogP contribution in [0, 0.1) is 0 Å². The molecule has 0 aliphatic heterocycles. The van der Waals surface area contributed by atoms with Gasteiger partial charge in [-0.2, -0.15) is 0 Å². The van der Waals surface area contributed by atoms with Crippen molar-refractivity contribution in [3.05, 3.63) is 0 Å². The highest BCUT2D eigenvalue weighted by Crippen LogP contribution is 2.02. The van der Waals surface area contributed by atoms with Crippen LogP contribution in [0.4, 0.5) is 0 Å². The lowest BCUT2D eigenvalue weighted by molar-refractivity contribution is 0.103. The zero-order valence-electron chi connectivity index (χ0n) is 11.7. The van der Waals surface area contributed by atoms with Crippen LogP contribution in [0.5, 0.6) is 0 Å². The van der Waals surface area contributed by atoms with Crippen molar-refractivity contribution < 1.29 is 9.47 Å². The van der Waals surface area contributed by atoms with E-state index in [9.17, 15) is 0 Å². The minimum absolute atomic E-state index is 0.691. The molecule has 0 bridgehead atoms. The number of ether oxygens (including phenoxy) is 2. The Labute approximate surface area is 97.7 Å². The topological polar surface area (TPSA) is 30.5 Å². The molecule has 3 nitrogen and oxygen atoms in total. The third-order valence-corrected chi connectivity index (χ3v) is 7.24.